The first kappa shape index (κ1) is 18.1. The normalized spacial score (nSPS) is 10.9. The topological polar surface area (TPSA) is 142 Å². The van der Waals surface area contributed by atoms with Gasteiger partial charge in [-0.05, 0) is 19.1 Å². The summed E-state index contributed by atoms with van der Waals surface area (Å²) in [5.41, 5.74) is 2.20. The first-order valence-corrected chi connectivity index (χ1v) is 8.52. The molecule has 2 heterocycles. The Morgan fingerprint density at radius 3 is 2.52 bits per heavy atom. The van der Waals surface area contributed by atoms with Crippen LogP contribution in [0.25, 0.3) is 33.5 Å². The van der Waals surface area contributed by atoms with Gasteiger partial charge in [-0.25, -0.2) is 9.78 Å². The molecular weight excluding hydrogens is 376 g/mol. The number of carbonyl (C=O) groups is 1. The van der Waals surface area contributed by atoms with Crippen LogP contribution in [0.2, 0.25) is 0 Å². The fraction of sp³-hybridized carbons (Fsp3) is 0.0500. The monoisotopic (exact) mass is 390 g/mol. The number of nitro benzene ring substituents is 1. The van der Waals surface area contributed by atoms with Crippen molar-refractivity contribution in [2.24, 2.45) is 0 Å². The van der Waals surface area contributed by atoms with E-state index in [9.17, 15) is 25.1 Å². The van der Waals surface area contributed by atoms with E-state index in [0.29, 0.717) is 11.1 Å². The predicted octanol–water partition coefficient (Wildman–Crippen LogP) is 3.91. The number of nitrogens with zero attached hydrogens (tertiary/aromatic N) is 3. The number of hydrogen-bond acceptors (Lipinski definition) is 6. The van der Waals surface area contributed by atoms with Gasteiger partial charge >= 0.3 is 5.97 Å². The Hall–Kier alpha value is -4.27. The fourth-order valence-corrected chi connectivity index (χ4v) is 3.10. The van der Waals surface area contributed by atoms with Crippen molar-refractivity contribution >= 4 is 22.7 Å². The first-order valence-electron chi connectivity index (χ1n) is 8.52. The van der Waals surface area contributed by atoms with Crippen LogP contribution in [-0.4, -0.2) is 36.3 Å². The van der Waals surface area contributed by atoms with Crippen molar-refractivity contribution in [3.63, 3.8) is 0 Å². The maximum absolute atomic E-state index is 12.0. The number of hydrogen-bond donors (Lipinski definition) is 3. The van der Waals surface area contributed by atoms with Crippen LogP contribution in [0.3, 0.4) is 0 Å². The summed E-state index contributed by atoms with van der Waals surface area (Å²) in [6.45, 7) is 1.94. The number of aromatic amines is 1. The van der Waals surface area contributed by atoms with Crippen LogP contribution in [0, 0.1) is 17.0 Å². The van der Waals surface area contributed by atoms with Gasteiger partial charge in [-0.15, -0.1) is 0 Å². The number of benzene rings is 2. The van der Waals surface area contributed by atoms with Crippen molar-refractivity contribution in [1.82, 2.24) is 15.2 Å². The standard InChI is InChI=1S/C20H14N4O5/c1-10-2-4-11(5-3-10)18-17-14(20(26)27)9-15(21-19(17)23-22-18)13-8-12(24(28)29)6-7-16(13)25/h2-9,25H,1H3,(H,26,27)(H,21,22,23). The highest BCUT2D eigenvalue weighted by Gasteiger charge is 2.21. The molecule has 0 fully saturated rings. The lowest BCUT2D eigenvalue weighted by Gasteiger charge is -2.07. The molecular formula is C20H14N4O5. The van der Waals surface area contributed by atoms with Crippen LogP contribution in [0.15, 0.2) is 48.5 Å². The molecule has 0 amide bonds. The Labute approximate surface area is 163 Å². The summed E-state index contributed by atoms with van der Waals surface area (Å²) in [7, 11) is 0. The van der Waals surface area contributed by atoms with Gasteiger partial charge in [0.15, 0.2) is 5.65 Å². The maximum Gasteiger partial charge on any atom is 0.336 e. The van der Waals surface area contributed by atoms with Gasteiger partial charge in [0.25, 0.3) is 5.69 Å². The summed E-state index contributed by atoms with van der Waals surface area (Å²) in [5, 5.41) is 38.2. The Balaban J connectivity index is 1.96. The average Bonchev–Trinajstić information content (AvgIpc) is 3.12. The number of fused-ring (bicyclic) bond motifs is 1. The number of non-ortho nitro benzene ring substituents is 1. The van der Waals surface area contributed by atoms with Crippen molar-refractivity contribution in [3.8, 4) is 28.3 Å². The Bertz CT molecular complexity index is 1280. The summed E-state index contributed by atoms with van der Waals surface area (Å²) >= 11 is 0. The average molecular weight is 390 g/mol. The summed E-state index contributed by atoms with van der Waals surface area (Å²) in [5.74, 6) is -1.47. The van der Waals surface area contributed by atoms with Crippen molar-refractivity contribution < 1.29 is 19.9 Å². The Morgan fingerprint density at radius 2 is 1.86 bits per heavy atom. The predicted molar refractivity (Wildman–Crippen MR) is 105 cm³/mol. The smallest absolute Gasteiger partial charge is 0.336 e. The van der Waals surface area contributed by atoms with Crippen LogP contribution < -0.4 is 0 Å². The number of aromatic nitrogens is 3. The molecule has 0 bridgehead atoms. The van der Waals surface area contributed by atoms with E-state index < -0.39 is 10.9 Å². The quantitative estimate of drug-likeness (QED) is 0.354. The second-order valence-electron chi connectivity index (χ2n) is 6.48. The number of phenols is 1. The van der Waals surface area contributed by atoms with Crippen LogP contribution >= 0.6 is 0 Å². The van der Waals surface area contributed by atoms with Crippen molar-refractivity contribution in [2.75, 3.05) is 0 Å². The molecule has 144 valence electrons. The number of carboxylic acid groups (broad SMARTS) is 1. The van der Waals surface area contributed by atoms with Crippen LogP contribution in [0.4, 0.5) is 5.69 Å². The van der Waals surface area contributed by atoms with Crippen molar-refractivity contribution in [3.05, 3.63) is 69.8 Å². The van der Waals surface area contributed by atoms with Gasteiger partial charge in [0, 0.05) is 23.3 Å². The molecule has 3 N–H and O–H groups in total. The van der Waals surface area contributed by atoms with Gasteiger partial charge in [0.2, 0.25) is 0 Å². The molecule has 2 aromatic heterocycles. The summed E-state index contributed by atoms with van der Waals surface area (Å²) in [6.07, 6.45) is 0. The SMILES string of the molecule is Cc1ccc(-c2[nH]nc3nc(-c4cc([N+](=O)[O-])ccc4O)cc(C(=O)O)c23)cc1. The number of aromatic carboxylic acids is 1. The Kier molecular flexibility index (Phi) is 4.19. The third kappa shape index (κ3) is 3.14. The molecule has 9 heteroatoms. The molecule has 0 radical (unpaired) electrons. The lowest BCUT2D eigenvalue weighted by Crippen LogP contribution is -2.00. The van der Waals surface area contributed by atoms with Crippen LogP contribution in [-0.2, 0) is 0 Å². The lowest BCUT2D eigenvalue weighted by molar-refractivity contribution is -0.384. The number of aryl methyl sites for hydroxylation is 1. The molecule has 9 nitrogen and oxygen atoms in total. The summed E-state index contributed by atoms with van der Waals surface area (Å²) in [6, 6.07) is 12.2. The molecule has 0 unspecified atom stereocenters. The molecule has 0 aliphatic rings. The summed E-state index contributed by atoms with van der Waals surface area (Å²) < 4.78 is 0. The van der Waals surface area contributed by atoms with E-state index in [1.807, 2.05) is 31.2 Å². The van der Waals surface area contributed by atoms with Gasteiger partial charge in [0.1, 0.15) is 5.75 Å². The molecule has 0 aliphatic carbocycles. The van der Waals surface area contributed by atoms with E-state index in [4.69, 9.17) is 0 Å². The van der Waals surface area contributed by atoms with E-state index in [0.717, 1.165) is 23.3 Å². The van der Waals surface area contributed by atoms with E-state index in [2.05, 4.69) is 15.2 Å². The van der Waals surface area contributed by atoms with Crippen LogP contribution in [0.5, 0.6) is 5.75 Å². The molecule has 0 saturated heterocycles. The fourth-order valence-electron chi connectivity index (χ4n) is 3.10. The zero-order valence-corrected chi connectivity index (χ0v) is 15.1. The minimum absolute atomic E-state index is 0.0449. The lowest BCUT2D eigenvalue weighted by atomic mass is 10.0. The minimum atomic E-state index is -1.21. The number of carboxylic acids is 1. The molecule has 0 atom stereocenters. The maximum atomic E-state index is 12.0. The van der Waals surface area contributed by atoms with E-state index in [1.165, 1.54) is 12.1 Å². The Morgan fingerprint density at radius 1 is 1.14 bits per heavy atom. The third-order valence-corrected chi connectivity index (χ3v) is 4.56. The van der Waals surface area contributed by atoms with E-state index in [-0.39, 0.29) is 33.9 Å². The number of pyridine rings is 1. The molecule has 29 heavy (non-hydrogen) atoms. The van der Waals surface area contributed by atoms with Gasteiger partial charge in [-0.3, -0.25) is 15.2 Å². The third-order valence-electron chi connectivity index (χ3n) is 4.56. The number of H-pyrrole nitrogens is 1. The second-order valence-corrected chi connectivity index (χ2v) is 6.48. The van der Waals surface area contributed by atoms with E-state index >= 15 is 0 Å². The van der Waals surface area contributed by atoms with E-state index in [1.54, 1.807) is 0 Å². The molecule has 0 saturated carbocycles. The van der Waals surface area contributed by atoms with Crippen LogP contribution in [0.1, 0.15) is 15.9 Å². The number of nitro groups is 1. The van der Waals surface area contributed by atoms with Gasteiger partial charge < -0.3 is 10.2 Å². The highest BCUT2D eigenvalue weighted by molar-refractivity contribution is 6.08. The number of nitrogens with one attached hydrogen (secondary N) is 1. The van der Waals surface area contributed by atoms with Crippen molar-refractivity contribution in [1.29, 1.82) is 0 Å². The van der Waals surface area contributed by atoms with Gasteiger partial charge in [-0.2, -0.15) is 5.10 Å². The highest BCUT2D eigenvalue weighted by atomic mass is 16.6. The number of rotatable bonds is 4. The first-order chi connectivity index (χ1) is 13.8. The van der Waals surface area contributed by atoms with Gasteiger partial charge in [-0.1, -0.05) is 29.8 Å². The zero-order chi connectivity index (χ0) is 20.7. The van der Waals surface area contributed by atoms with Crippen molar-refractivity contribution in [2.45, 2.75) is 6.92 Å². The molecule has 0 aliphatic heterocycles. The zero-order valence-electron chi connectivity index (χ0n) is 15.1. The molecule has 0 spiro atoms. The summed E-state index contributed by atoms with van der Waals surface area (Å²) in [4.78, 5) is 26.7. The number of aromatic hydroxyl groups is 1. The second kappa shape index (κ2) is 6.71. The van der Waals surface area contributed by atoms with Gasteiger partial charge in [0.05, 0.1) is 27.3 Å². The largest absolute Gasteiger partial charge is 0.507 e. The molecule has 4 rings (SSSR count). The minimum Gasteiger partial charge on any atom is -0.507 e. The molecule has 4 aromatic rings. The number of phenolic OH excluding ortho intramolecular Hbond substituents is 1. The highest BCUT2D eigenvalue weighted by Crippen LogP contribution is 2.35. The molecule has 2 aromatic carbocycles.